The van der Waals surface area contributed by atoms with Crippen LogP contribution in [-0.2, 0) is 9.84 Å². The fraction of sp³-hybridized carbons (Fsp3) is 0.316. The molecule has 2 heterocycles. The lowest BCUT2D eigenvalue weighted by atomic mass is 9.96. The van der Waals surface area contributed by atoms with Crippen LogP contribution in [0.2, 0.25) is 0 Å². The molecule has 6 nitrogen and oxygen atoms in total. The summed E-state index contributed by atoms with van der Waals surface area (Å²) in [4.78, 5) is 4.58. The van der Waals surface area contributed by atoms with Gasteiger partial charge in [-0.05, 0) is 37.0 Å². The van der Waals surface area contributed by atoms with E-state index >= 15 is 0 Å². The molecule has 1 aliphatic rings. The van der Waals surface area contributed by atoms with E-state index in [0.717, 1.165) is 40.6 Å². The van der Waals surface area contributed by atoms with E-state index in [1.807, 2.05) is 6.07 Å². The van der Waals surface area contributed by atoms with Crippen LogP contribution in [0.4, 0.5) is 0 Å². The Morgan fingerprint density at radius 1 is 1.38 bits per heavy atom. The molecule has 1 N–H and O–H groups in total. The minimum absolute atomic E-state index is 0. The van der Waals surface area contributed by atoms with Gasteiger partial charge in [-0.3, -0.25) is 5.10 Å². The molecule has 26 heavy (non-hydrogen) atoms. The molecule has 7 heteroatoms. The lowest BCUT2D eigenvalue weighted by Crippen LogP contribution is -2.06. The Labute approximate surface area is 153 Å². The average molecular weight is 368 g/mol. The quantitative estimate of drug-likeness (QED) is 0.756. The van der Waals surface area contributed by atoms with Crippen molar-refractivity contribution in [2.45, 2.75) is 37.5 Å². The van der Waals surface area contributed by atoms with E-state index in [-0.39, 0.29) is 7.18 Å². The van der Waals surface area contributed by atoms with Gasteiger partial charge in [-0.2, -0.15) is 10.4 Å². The highest BCUT2D eigenvalue weighted by Gasteiger charge is 2.30. The Balaban J connectivity index is 0.00000210. The fourth-order valence-corrected chi connectivity index (χ4v) is 4.51. The highest BCUT2D eigenvalue weighted by atomic mass is 32.2. The summed E-state index contributed by atoms with van der Waals surface area (Å²) < 4.78 is 24.5. The van der Waals surface area contributed by atoms with Crippen LogP contribution < -0.4 is 0 Å². The number of fused-ring (bicyclic) bond motifs is 1. The summed E-state index contributed by atoms with van der Waals surface area (Å²) in [6.07, 6.45) is 3.82. The molecule has 0 bridgehead atoms. The molecule has 1 aromatic carbocycles. The molecule has 4 rings (SSSR count). The Hall–Kier alpha value is -2.72. The van der Waals surface area contributed by atoms with Gasteiger partial charge in [-0.15, -0.1) is 0 Å². The minimum Gasteiger partial charge on any atom is -0.281 e. The number of aromatic nitrogens is 3. The molecule has 0 unspecified atom stereocenters. The predicted molar refractivity (Wildman–Crippen MR) is 101 cm³/mol. The van der Waals surface area contributed by atoms with E-state index in [9.17, 15) is 13.7 Å². The molecular weight excluding hydrogens is 348 g/mol. The summed E-state index contributed by atoms with van der Waals surface area (Å²) in [6, 6.07) is 7.38. The van der Waals surface area contributed by atoms with Crippen LogP contribution in [0.25, 0.3) is 22.0 Å². The summed E-state index contributed by atoms with van der Waals surface area (Å²) in [5.74, 6) is 0.495. The number of pyridine rings is 1. The first-order valence-electron chi connectivity index (χ1n) is 8.57. The fourth-order valence-electron chi connectivity index (χ4n) is 3.38. The maximum Gasteiger partial charge on any atom is 0.178 e. The van der Waals surface area contributed by atoms with Crippen molar-refractivity contribution in [3.63, 3.8) is 0 Å². The second-order valence-electron chi connectivity index (χ2n) is 6.65. The molecular formula is C19H20N4O2S. The zero-order chi connectivity index (χ0) is 18.5. The third-order valence-corrected chi connectivity index (χ3v) is 6.78. The number of nitriles is 1. The molecule has 134 valence electrons. The Kier molecular flexibility index (Phi) is 3.81. The highest BCUT2D eigenvalue weighted by Crippen LogP contribution is 2.45. The van der Waals surface area contributed by atoms with Crippen LogP contribution in [0.1, 0.15) is 44.1 Å². The van der Waals surface area contributed by atoms with Gasteiger partial charge < -0.3 is 0 Å². The second-order valence-corrected chi connectivity index (χ2v) is 8.90. The number of aromatic amines is 1. The van der Waals surface area contributed by atoms with Gasteiger partial charge in [0, 0.05) is 24.0 Å². The monoisotopic (exact) mass is 368 g/mol. The molecule has 0 radical (unpaired) electrons. The smallest absolute Gasteiger partial charge is 0.178 e. The van der Waals surface area contributed by atoms with Gasteiger partial charge in [0.1, 0.15) is 17.3 Å². The van der Waals surface area contributed by atoms with Gasteiger partial charge in [0.15, 0.2) is 9.84 Å². The first-order valence-corrected chi connectivity index (χ1v) is 10.2. The lowest BCUT2D eigenvalue weighted by molar-refractivity contribution is 0.596. The Morgan fingerprint density at radius 2 is 2.15 bits per heavy atom. The van der Waals surface area contributed by atoms with Crippen LogP contribution in [0.3, 0.4) is 0 Å². The molecule has 3 aromatic rings. The Bertz CT molecular complexity index is 1170. The number of nitrogens with zero attached hydrogens (tertiary/aromatic N) is 3. The number of benzene rings is 1. The molecule has 0 spiro atoms. The topological polar surface area (TPSA) is 99.5 Å². The summed E-state index contributed by atoms with van der Waals surface area (Å²) in [5.41, 5.74) is 4.27. The number of H-pyrrole nitrogens is 1. The molecule has 0 amide bonds. The van der Waals surface area contributed by atoms with Gasteiger partial charge >= 0.3 is 0 Å². The van der Waals surface area contributed by atoms with Crippen LogP contribution in [0.15, 0.2) is 29.3 Å². The molecule has 2 aromatic heterocycles. The molecule has 0 aliphatic heterocycles. The lowest BCUT2D eigenvalue weighted by Gasteiger charge is -2.11. The molecule has 1 aliphatic carbocycles. The van der Waals surface area contributed by atoms with Crippen molar-refractivity contribution in [2.75, 3.05) is 5.75 Å². The van der Waals surface area contributed by atoms with Gasteiger partial charge in [-0.25, -0.2) is 13.4 Å². The molecule has 1 fully saturated rings. The van der Waals surface area contributed by atoms with Crippen molar-refractivity contribution in [1.29, 1.82) is 5.26 Å². The third-order valence-electron chi connectivity index (χ3n) is 4.90. The number of aryl methyl sites for hydroxylation is 1. The predicted octanol–water partition coefficient (Wildman–Crippen LogP) is 3.72. The van der Waals surface area contributed by atoms with E-state index in [1.165, 1.54) is 0 Å². The largest absolute Gasteiger partial charge is 0.281 e. The molecule has 1 saturated carbocycles. The van der Waals surface area contributed by atoms with Crippen molar-refractivity contribution >= 4 is 20.7 Å². The van der Waals surface area contributed by atoms with Crippen LogP contribution >= 0.6 is 0 Å². The van der Waals surface area contributed by atoms with E-state index in [2.05, 4.69) is 21.3 Å². The SMILES string of the molecule is CCS(=O)(=O)c1ccc(-c2c(C#N)ncc3n[nH]c(C4CC4)c23)cc1C.[HH]. The number of hydrogen-bond donors (Lipinski definition) is 1. The van der Waals surface area contributed by atoms with E-state index < -0.39 is 9.84 Å². The van der Waals surface area contributed by atoms with Crippen molar-refractivity contribution < 1.29 is 9.84 Å². The zero-order valence-electron chi connectivity index (χ0n) is 14.6. The van der Waals surface area contributed by atoms with Gasteiger partial charge in [-0.1, -0.05) is 19.1 Å². The first-order chi connectivity index (χ1) is 12.5. The van der Waals surface area contributed by atoms with E-state index in [1.54, 1.807) is 32.2 Å². The summed E-state index contributed by atoms with van der Waals surface area (Å²) in [5, 5.41) is 17.9. The third kappa shape index (κ3) is 2.58. The number of sulfone groups is 1. The van der Waals surface area contributed by atoms with Crippen LogP contribution in [0.5, 0.6) is 0 Å². The maximum atomic E-state index is 12.2. The molecule has 0 saturated heterocycles. The van der Waals surface area contributed by atoms with Crippen LogP contribution in [-0.4, -0.2) is 29.4 Å². The first kappa shape index (κ1) is 16.7. The van der Waals surface area contributed by atoms with Gasteiger partial charge in [0.25, 0.3) is 0 Å². The van der Waals surface area contributed by atoms with Gasteiger partial charge in [0.2, 0.25) is 0 Å². The van der Waals surface area contributed by atoms with Crippen LogP contribution in [0, 0.1) is 18.3 Å². The summed E-state index contributed by atoms with van der Waals surface area (Å²) in [6.45, 7) is 3.41. The number of nitrogens with one attached hydrogen (secondary N) is 1. The number of rotatable bonds is 4. The summed E-state index contributed by atoms with van der Waals surface area (Å²) >= 11 is 0. The summed E-state index contributed by atoms with van der Waals surface area (Å²) in [7, 11) is -3.29. The second kappa shape index (κ2) is 5.92. The highest BCUT2D eigenvalue weighted by molar-refractivity contribution is 7.91. The van der Waals surface area contributed by atoms with Crippen molar-refractivity contribution in [3.05, 3.63) is 41.3 Å². The van der Waals surface area contributed by atoms with E-state index in [0.29, 0.717) is 22.1 Å². The van der Waals surface area contributed by atoms with Crippen molar-refractivity contribution in [3.8, 4) is 17.2 Å². The van der Waals surface area contributed by atoms with Gasteiger partial charge in [0.05, 0.1) is 16.8 Å². The maximum absolute atomic E-state index is 12.2. The standard InChI is InChI=1S/C19H18N4O2S.H2/c1-3-26(24,25)16-7-6-13(8-11(16)2)17-14(9-20)21-10-15-18(17)19(23-22-15)12-4-5-12;/h6-8,10,12H,3-5H2,1-2H3,(H,22,23);1H. The van der Waals surface area contributed by atoms with E-state index in [4.69, 9.17) is 0 Å². The normalized spacial score (nSPS) is 14.5. The minimum atomic E-state index is -3.29. The van der Waals surface area contributed by atoms with Crippen molar-refractivity contribution in [1.82, 2.24) is 15.2 Å². The van der Waals surface area contributed by atoms with Crippen molar-refractivity contribution in [2.24, 2.45) is 0 Å². The Morgan fingerprint density at radius 3 is 2.77 bits per heavy atom. The zero-order valence-corrected chi connectivity index (χ0v) is 15.4. The number of hydrogen-bond acceptors (Lipinski definition) is 5. The molecule has 0 atom stereocenters. The average Bonchev–Trinajstić information content (AvgIpc) is 3.39.